The van der Waals surface area contributed by atoms with Crippen LogP contribution in [-0.2, 0) is 4.79 Å². The Morgan fingerprint density at radius 2 is 1.92 bits per heavy atom. The number of methoxy groups -OCH3 is 1. The van der Waals surface area contributed by atoms with Crippen LogP contribution in [-0.4, -0.2) is 23.0 Å². The Hall–Kier alpha value is -3.67. The number of rotatable bonds is 6. The molecule has 0 aliphatic carbocycles. The molecule has 0 saturated heterocycles. The third-order valence-corrected chi connectivity index (χ3v) is 3.38. The minimum absolute atomic E-state index is 0.246. The first-order valence-corrected chi connectivity index (χ1v) is 7.90. The molecule has 1 aromatic heterocycles. The Morgan fingerprint density at radius 3 is 2.73 bits per heavy atom. The van der Waals surface area contributed by atoms with E-state index in [1.165, 1.54) is 12.3 Å². The molecule has 0 spiro atoms. The van der Waals surface area contributed by atoms with Crippen molar-refractivity contribution in [1.29, 1.82) is 0 Å². The second-order valence-corrected chi connectivity index (χ2v) is 5.27. The maximum absolute atomic E-state index is 12.1. The van der Waals surface area contributed by atoms with Crippen LogP contribution >= 0.6 is 0 Å². The van der Waals surface area contributed by atoms with E-state index in [1.807, 2.05) is 24.3 Å². The van der Waals surface area contributed by atoms with Gasteiger partial charge in [-0.15, -0.1) is 0 Å². The number of carbonyl (C=O) groups excluding carboxylic acids is 1. The van der Waals surface area contributed by atoms with Crippen LogP contribution in [0.25, 0.3) is 6.08 Å². The third kappa shape index (κ3) is 4.91. The number of anilines is 1. The molecule has 0 bridgehead atoms. The standard InChI is InChI=1S/C20H17N3O3/c1-25-17-6-2-4-15(12-17)8-9-19(24)23-16-5-3-7-18(13-16)26-20-14-21-10-11-22-20/h2-14H,1H3,(H,23,24)/b9-8+. The zero-order chi connectivity index (χ0) is 18.2. The number of amides is 1. The highest BCUT2D eigenvalue weighted by atomic mass is 16.5. The van der Waals surface area contributed by atoms with Gasteiger partial charge < -0.3 is 14.8 Å². The van der Waals surface area contributed by atoms with Gasteiger partial charge in [-0.25, -0.2) is 4.98 Å². The van der Waals surface area contributed by atoms with Gasteiger partial charge in [0.1, 0.15) is 11.5 Å². The molecule has 26 heavy (non-hydrogen) atoms. The number of hydrogen-bond donors (Lipinski definition) is 1. The van der Waals surface area contributed by atoms with E-state index >= 15 is 0 Å². The van der Waals surface area contributed by atoms with E-state index < -0.39 is 0 Å². The molecule has 0 unspecified atom stereocenters. The fourth-order valence-electron chi connectivity index (χ4n) is 2.20. The Morgan fingerprint density at radius 1 is 1.08 bits per heavy atom. The van der Waals surface area contributed by atoms with Crippen molar-refractivity contribution in [2.24, 2.45) is 0 Å². The largest absolute Gasteiger partial charge is 0.497 e. The molecule has 1 amide bonds. The molecule has 3 aromatic rings. The van der Waals surface area contributed by atoms with Crippen molar-refractivity contribution in [2.75, 3.05) is 12.4 Å². The van der Waals surface area contributed by atoms with E-state index in [4.69, 9.17) is 9.47 Å². The summed E-state index contributed by atoms with van der Waals surface area (Å²) in [6.45, 7) is 0. The first-order valence-electron chi connectivity index (χ1n) is 7.90. The number of hydrogen-bond acceptors (Lipinski definition) is 5. The Labute approximate surface area is 151 Å². The number of nitrogens with one attached hydrogen (secondary N) is 1. The predicted octanol–water partition coefficient (Wildman–Crippen LogP) is 3.93. The Balaban J connectivity index is 1.63. The van der Waals surface area contributed by atoms with Crippen LogP contribution in [0.4, 0.5) is 5.69 Å². The Kier molecular flexibility index (Phi) is 5.57. The second kappa shape index (κ2) is 8.43. The summed E-state index contributed by atoms with van der Waals surface area (Å²) in [7, 11) is 1.60. The fourth-order valence-corrected chi connectivity index (χ4v) is 2.20. The van der Waals surface area contributed by atoms with Gasteiger partial charge in [0.15, 0.2) is 0 Å². The third-order valence-electron chi connectivity index (χ3n) is 3.38. The summed E-state index contributed by atoms with van der Waals surface area (Å²) in [4.78, 5) is 20.1. The van der Waals surface area contributed by atoms with Gasteiger partial charge in [0.25, 0.3) is 0 Å². The monoisotopic (exact) mass is 347 g/mol. The molecule has 0 fully saturated rings. The summed E-state index contributed by atoms with van der Waals surface area (Å²) in [6, 6.07) is 14.5. The highest BCUT2D eigenvalue weighted by Gasteiger charge is 2.02. The topological polar surface area (TPSA) is 73.3 Å². The lowest BCUT2D eigenvalue weighted by molar-refractivity contribution is -0.111. The summed E-state index contributed by atoms with van der Waals surface area (Å²) in [5, 5.41) is 2.79. The van der Waals surface area contributed by atoms with Crippen LogP contribution in [0.15, 0.2) is 73.2 Å². The van der Waals surface area contributed by atoms with Gasteiger partial charge in [0.05, 0.1) is 13.3 Å². The van der Waals surface area contributed by atoms with Gasteiger partial charge in [-0.05, 0) is 35.9 Å². The van der Waals surface area contributed by atoms with Crippen LogP contribution in [0.2, 0.25) is 0 Å². The average molecular weight is 347 g/mol. The number of carbonyl (C=O) groups is 1. The summed E-state index contributed by atoms with van der Waals surface area (Å²) < 4.78 is 10.8. The number of ether oxygens (including phenoxy) is 2. The fraction of sp³-hybridized carbons (Fsp3) is 0.0500. The van der Waals surface area contributed by atoms with Gasteiger partial charge in [0.2, 0.25) is 11.8 Å². The quantitative estimate of drug-likeness (QED) is 0.684. The van der Waals surface area contributed by atoms with Crippen molar-refractivity contribution < 1.29 is 14.3 Å². The van der Waals surface area contributed by atoms with E-state index in [2.05, 4.69) is 15.3 Å². The smallest absolute Gasteiger partial charge is 0.248 e. The zero-order valence-corrected chi connectivity index (χ0v) is 14.1. The molecule has 1 heterocycles. The molecule has 0 saturated carbocycles. The maximum atomic E-state index is 12.1. The van der Waals surface area contributed by atoms with Crippen molar-refractivity contribution in [3.05, 3.63) is 78.8 Å². The average Bonchev–Trinajstić information content (AvgIpc) is 2.68. The summed E-state index contributed by atoms with van der Waals surface area (Å²) in [5.74, 6) is 1.43. The molecular formula is C20H17N3O3. The predicted molar refractivity (Wildman–Crippen MR) is 99.2 cm³/mol. The molecule has 6 heteroatoms. The lowest BCUT2D eigenvalue weighted by Gasteiger charge is -2.07. The maximum Gasteiger partial charge on any atom is 0.248 e. The molecule has 1 N–H and O–H groups in total. The van der Waals surface area contributed by atoms with Crippen molar-refractivity contribution in [3.63, 3.8) is 0 Å². The minimum Gasteiger partial charge on any atom is -0.497 e. The summed E-state index contributed by atoms with van der Waals surface area (Å²) >= 11 is 0. The summed E-state index contributed by atoms with van der Waals surface area (Å²) in [5.41, 5.74) is 1.49. The highest BCUT2D eigenvalue weighted by Crippen LogP contribution is 2.22. The molecule has 0 aliphatic rings. The van der Waals surface area contributed by atoms with Crippen LogP contribution in [0.5, 0.6) is 17.4 Å². The van der Waals surface area contributed by atoms with Crippen LogP contribution < -0.4 is 14.8 Å². The van der Waals surface area contributed by atoms with Crippen LogP contribution in [0.3, 0.4) is 0 Å². The van der Waals surface area contributed by atoms with Gasteiger partial charge >= 0.3 is 0 Å². The van der Waals surface area contributed by atoms with Crippen molar-refractivity contribution in [1.82, 2.24) is 9.97 Å². The Bertz CT molecular complexity index is 911. The molecule has 0 atom stereocenters. The van der Waals surface area contributed by atoms with E-state index in [0.29, 0.717) is 17.3 Å². The SMILES string of the molecule is COc1cccc(/C=C/C(=O)Nc2cccc(Oc3cnccn3)c2)c1. The van der Waals surface area contributed by atoms with Crippen molar-refractivity contribution in [3.8, 4) is 17.4 Å². The van der Waals surface area contributed by atoms with Crippen LogP contribution in [0, 0.1) is 0 Å². The van der Waals surface area contributed by atoms with E-state index in [9.17, 15) is 4.79 Å². The number of aromatic nitrogens is 2. The van der Waals surface area contributed by atoms with Gasteiger partial charge in [-0.2, -0.15) is 0 Å². The number of benzene rings is 2. The van der Waals surface area contributed by atoms with E-state index in [0.717, 1.165) is 11.3 Å². The van der Waals surface area contributed by atoms with E-state index in [1.54, 1.807) is 49.8 Å². The molecule has 6 nitrogen and oxygen atoms in total. The zero-order valence-electron chi connectivity index (χ0n) is 14.1. The number of nitrogens with zero attached hydrogens (tertiary/aromatic N) is 2. The lowest BCUT2D eigenvalue weighted by atomic mass is 10.2. The normalized spacial score (nSPS) is 10.5. The molecule has 3 rings (SSSR count). The first kappa shape index (κ1) is 17.2. The highest BCUT2D eigenvalue weighted by molar-refractivity contribution is 6.02. The lowest BCUT2D eigenvalue weighted by Crippen LogP contribution is -2.07. The van der Waals surface area contributed by atoms with Crippen molar-refractivity contribution in [2.45, 2.75) is 0 Å². The first-order chi connectivity index (χ1) is 12.7. The van der Waals surface area contributed by atoms with Gasteiger partial charge in [0, 0.05) is 30.2 Å². The van der Waals surface area contributed by atoms with Gasteiger partial charge in [-0.1, -0.05) is 18.2 Å². The van der Waals surface area contributed by atoms with Crippen LogP contribution in [0.1, 0.15) is 5.56 Å². The van der Waals surface area contributed by atoms with Crippen molar-refractivity contribution >= 4 is 17.7 Å². The minimum atomic E-state index is -0.246. The molecule has 2 aromatic carbocycles. The second-order valence-electron chi connectivity index (χ2n) is 5.27. The van der Waals surface area contributed by atoms with E-state index in [-0.39, 0.29) is 5.91 Å². The molecular weight excluding hydrogens is 330 g/mol. The van der Waals surface area contributed by atoms with Gasteiger partial charge in [-0.3, -0.25) is 9.78 Å². The molecule has 0 aliphatic heterocycles. The summed E-state index contributed by atoms with van der Waals surface area (Å²) in [6.07, 6.45) is 7.81. The molecule has 130 valence electrons. The molecule has 0 radical (unpaired) electrons.